The van der Waals surface area contributed by atoms with Crippen molar-refractivity contribution in [2.75, 3.05) is 11.4 Å². The number of anilines is 1. The van der Waals surface area contributed by atoms with Crippen LogP contribution < -0.4 is 10.2 Å². The van der Waals surface area contributed by atoms with E-state index in [0.717, 1.165) is 29.8 Å². The van der Waals surface area contributed by atoms with Gasteiger partial charge in [0.1, 0.15) is 0 Å². The number of carbonyl (C=O) groups excluding carboxylic acids is 2. The average Bonchev–Trinajstić information content (AvgIpc) is 3.11. The summed E-state index contributed by atoms with van der Waals surface area (Å²) >= 11 is 0. The summed E-state index contributed by atoms with van der Waals surface area (Å²) in [6.07, 6.45) is 4.72. The maximum Gasteiger partial charge on any atom is 0.244 e. The summed E-state index contributed by atoms with van der Waals surface area (Å²) in [5.41, 5.74) is 3.24. The lowest BCUT2D eigenvalue weighted by molar-refractivity contribution is -0.117. The van der Waals surface area contributed by atoms with E-state index in [1.807, 2.05) is 30.3 Å². The van der Waals surface area contributed by atoms with Gasteiger partial charge in [0.25, 0.3) is 0 Å². The number of rotatable bonds is 5. The van der Waals surface area contributed by atoms with E-state index in [4.69, 9.17) is 5.26 Å². The first-order valence-electron chi connectivity index (χ1n) is 8.51. The van der Waals surface area contributed by atoms with E-state index in [-0.39, 0.29) is 11.8 Å². The van der Waals surface area contributed by atoms with Crippen molar-refractivity contribution in [3.05, 3.63) is 71.3 Å². The second-order valence-electron chi connectivity index (χ2n) is 6.10. The molecule has 1 N–H and O–H groups in total. The van der Waals surface area contributed by atoms with Crippen LogP contribution in [0.15, 0.2) is 54.6 Å². The van der Waals surface area contributed by atoms with Crippen molar-refractivity contribution in [2.24, 2.45) is 0 Å². The van der Waals surface area contributed by atoms with Crippen molar-refractivity contribution < 1.29 is 9.59 Å². The molecule has 0 radical (unpaired) electrons. The Hall–Kier alpha value is -3.39. The highest BCUT2D eigenvalue weighted by molar-refractivity contribution is 5.95. The van der Waals surface area contributed by atoms with E-state index in [1.54, 1.807) is 29.2 Å². The minimum Gasteiger partial charge on any atom is -0.348 e. The highest BCUT2D eigenvalue weighted by Gasteiger charge is 2.21. The maximum atomic E-state index is 11.9. The molecule has 0 bridgehead atoms. The highest BCUT2D eigenvalue weighted by atomic mass is 16.2. The Labute approximate surface area is 152 Å². The van der Waals surface area contributed by atoms with Gasteiger partial charge in [0, 0.05) is 31.3 Å². The lowest BCUT2D eigenvalue weighted by Gasteiger charge is -2.15. The lowest BCUT2D eigenvalue weighted by Crippen LogP contribution is -2.23. The van der Waals surface area contributed by atoms with Gasteiger partial charge in [-0.2, -0.15) is 5.26 Å². The normalized spacial score (nSPS) is 13.8. The van der Waals surface area contributed by atoms with Gasteiger partial charge in [-0.15, -0.1) is 0 Å². The number of amides is 2. The Morgan fingerprint density at radius 2 is 2.04 bits per heavy atom. The summed E-state index contributed by atoms with van der Waals surface area (Å²) in [4.78, 5) is 25.5. The summed E-state index contributed by atoms with van der Waals surface area (Å²) in [6, 6.07) is 16.8. The van der Waals surface area contributed by atoms with Gasteiger partial charge in [0.15, 0.2) is 0 Å². The summed E-state index contributed by atoms with van der Waals surface area (Å²) in [7, 11) is 0. The Morgan fingerprint density at radius 3 is 2.73 bits per heavy atom. The minimum absolute atomic E-state index is 0.160. The molecule has 0 aliphatic carbocycles. The Bertz CT molecular complexity index is 879. The summed E-state index contributed by atoms with van der Waals surface area (Å²) in [6.45, 7) is 1.14. The molecule has 26 heavy (non-hydrogen) atoms. The standard InChI is InChI=1S/C21H19N3O2/c22-14-17-3-1-4-18(13-17)15-23-20(25)11-8-16-6-9-19(10-7-16)24-12-2-5-21(24)26/h1,3-4,6-11,13H,2,5,12,15H2,(H,23,25)/b11-8+. The van der Waals surface area contributed by atoms with Crippen LogP contribution in [0.3, 0.4) is 0 Å². The van der Waals surface area contributed by atoms with Crippen LogP contribution in [0, 0.1) is 11.3 Å². The van der Waals surface area contributed by atoms with Crippen LogP contribution in [-0.2, 0) is 16.1 Å². The molecule has 1 fully saturated rings. The summed E-state index contributed by atoms with van der Waals surface area (Å²) in [5.74, 6) is -0.0423. The van der Waals surface area contributed by atoms with Crippen LogP contribution in [0.4, 0.5) is 5.69 Å². The van der Waals surface area contributed by atoms with Crippen LogP contribution in [0.1, 0.15) is 29.5 Å². The predicted molar refractivity (Wildman–Crippen MR) is 100 cm³/mol. The molecule has 130 valence electrons. The fourth-order valence-electron chi connectivity index (χ4n) is 2.86. The van der Waals surface area contributed by atoms with Crippen LogP contribution in [0.2, 0.25) is 0 Å². The topological polar surface area (TPSA) is 73.2 Å². The van der Waals surface area contributed by atoms with E-state index in [0.29, 0.717) is 18.5 Å². The molecule has 3 rings (SSSR count). The van der Waals surface area contributed by atoms with Crippen molar-refractivity contribution in [1.29, 1.82) is 5.26 Å². The molecule has 1 saturated heterocycles. The molecule has 2 aromatic rings. The van der Waals surface area contributed by atoms with E-state index in [9.17, 15) is 9.59 Å². The summed E-state index contributed by atoms with van der Waals surface area (Å²) in [5, 5.41) is 11.7. The number of hydrogen-bond acceptors (Lipinski definition) is 3. The Balaban J connectivity index is 1.54. The molecule has 2 amide bonds. The highest BCUT2D eigenvalue weighted by Crippen LogP contribution is 2.21. The van der Waals surface area contributed by atoms with Gasteiger partial charge >= 0.3 is 0 Å². The Morgan fingerprint density at radius 1 is 1.23 bits per heavy atom. The molecule has 2 aromatic carbocycles. The molecule has 0 spiro atoms. The number of nitriles is 1. The molecule has 0 atom stereocenters. The maximum absolute atomic E-state index is 11.9. The zero-order chi connectivity index (χ0) is 18.4. The third-order valence-corrected chi connectivity index (χ3v) is 4.23. The van der Waals surface area contributed by atoms with Crippen molar-refractivity contribution >= 4 is 23.6 Å². The van der Waals surface area contributed by atoms with E-state index < -0.39 is 0 Å². The first kappa shape index (κ1) is 17.4. The molecular formula is C21H19N3O2. The monoisotopic (exact) mass is 345 g/mol. The van der Waals surface area contributed by atoms with Crippen molar-refractivity contribution in [3.63, 3.8) is 0 Å². The zero-order valence-electron chi connectivity index (χ0n) is 14.3. The smallest absolute Gasteiger partial charge is 0.244 e. The van der Waals surface area contributed by atoms with E-state index in [1.165, 1.54) is 6.08 Å². The molecule has 1 aliphatic rings. The molecule has 1 aliphatic heterocycles. The predicted octanol–water partition coefficient (Wildman–Crippen LogP) is 3.01. The van der Waals surface area contributed by atoms with Crippen molar-refractivity contribution in [1.82, 2.24) is 5.32 Å². The molecular weight excluding hydrogens is 326 g/mol. The van der Waals surface area contributed by atoms with Crippen molar-refractivity contribution in [3.8, 4) is 6.07 Å². The molecule has 0 saturated carbocycles. The van der Waals surface area contributed by atoms with E-state index >= 15 is 0 Å². The van der Waals surface area contributed by atoms with E-state index in [2.05, 4.69) is 11.4 Å². The Kier molecular flexibility index (Phi) is 5.45. The van der Waals surface area contributed by atoms with Gasteiger partial charge in [-0.05, 0) is 47.9 Å². The minimum atomic E-state index is -0.203. The second-order valence-corrected chi connectivity index (χ2v) is 6.10. The lowest BCUT2D eigenvalue weighted by atomic mass is 10.1. The third-order valence-electron chi connectivity index (χ3n) is 4.23. The first-order chi connectivity index (χ1) is 12.7. The average molecular weight is 345 g/mol. The van der Waals surface area contributed by atoms with Gasteiger partial charge in [-0.25, -0.2) is 0 Å². The largest absolute Gasteiger partial charge is 0.348 e. The quantitative estimate of drug-likeness (QED) is 0.847. The number of carbonyl (C=O) groups is 2. The van der Waals surface area contributed by atoms with Crippen LogP contribution in [0.25, 0.3) is 6.08 Å². The summed E-state index contributed by atoms with van der Waals surface area (Å²) < 4.78 is 0. The second kappa shape index (κ2) is 8.13. The number of nitrogens with zero attached hydrogens (tertiary/aromatic N) is 2. The number of benzene rings is 2. The van der Waals surface area contributed by atoms with Crippen LogP contribution in [-0.4, -0.2) is 18.4 Å². The van der Waals surface area contributed by atoms with Gasteiger partial charge in [0.05, 0.1) is 11.6 Å². The third kappa shape index (κ3) is 4.37. The number of hydrogen-bond donors (Lipinski definition) is 1. The molecule has 5 nitrogen and oxygen atoms in total. The van der Waals surface area contributed by atoms with Gasteiger partial charge < -0.3 is 10.2 Å². The van der Waals surface area contributed by atoms with Crippen LogP contribution >= 0.6 is 0 Å². The van der Waals surface area contributed by atoms with Gasteiger partial charge in [-0.3, -0.25) is 9.59 Å². The fraction of sp³-hybridized carbons (Fsp3) is 0.190. The molecule has 0 unspecified atom stereocenters. The van der Waals surface area contributed by atoms with Crippen molar-refractivity contribution in [2.45, 2.75) is 19.4 Å². The first-order valence-corrected chi connectivity index (χ1v) is 8.51. The molecule has 0 aromatic heterocycles. The molecule has 5 heteroatoms. The number of nitrogens with one attached hydrogen (secondary N) is 1. The molecule has 1 heterocycles. The SMILES string of the molecule is N#Cc1cccc(CNC(=O)/C=C/c2ccc(N3CCCC3=O)cc2)c1. The van der Waals surface area contributed by atoms with Crippen LogP contribution in [0.5, 0.6) is 0 Å². The fourth-order valence-corrected chi connectivity index (χ4v) is 2.86. The zero-order valence-corrected chi connectivity index (χ0v) is 14.3. The van der Waals surface area contributed by atoms with Gasteiger partial charge in [0.2, 0.25) is 11.8 Å². The van der Waals surface area contributed by atoms with Gasteiger partial charge in [-0.1, -0.05) is 24.3 Å².